The highest BCUT2D eigenvalue weighted by molar-refractivity contribution is 9.10. The summed E-state index contributed by atoms with van der Waals surface area (Å²) in [5, 5.41) is 0. The van der Waals surface area contributed by atoms with Crippen LogP contribution in [-0.2, 0) is 0 Å². The lowest BCUT2D eigenvalue weighted by Crippen LogP contribution is -2.38. The van der Waals surface area contributed by atoms with E-state index in [1.807, 2.05) is 12.1 Å². The van der Waals surface area contributed by atoms with E-state index in [-0.39, 0.29) is 23.2 Å². The predicted octanol–water partition coefficient (Wildman–Crippen LogP) is 4.21. The minimum Gasteiger partial charge on any atom is -0.327 e. The molecule has 1 aliphatic carbocycles. The lowest BCUT2D eigenvalue weighted by atomic mass is 9.68. The number of nitrogens with two attached hydrogens (primary N) is 1. The Morgan fingerprint density at radius 3 is 2.82 bits per heavy atom. The summed E-state index contributed by atoms with van der Waals surface area (Å²) in [6.45, 7) is 4.48. The quantitative estimate of drug-likeness (QED) is 0.826. The van der Waals surface area contributed by atoms with Gasteiger partial charge in [-0.1, -0.05) is 26.0 Å². The Morgan fingerprint density at radius 1 is 1.41 bits per heavy atom. The maximum absolute atomic E-state index is 14.1. The molecule has 0 bridgehead atoms. The Kier molecular flexibility index (Phi) is 3.60. The minimum absolute atomic E-state index is 0.0758. The lowest BCUT2D eigenvalue weighted by Gasteiger charge is -2.39. The van der Waals surface area contributed by atoms with Crippen LogP contribution in [0, 0.1) is 11.2 Å². The van der Waals surface area contributed by atoms with E-state index >= 15 is 0 Å². The van der Waals surface area contributed by atoms with Crippen molar-refractivity contribution in [3.63, 3.8) is 0 Å². The van der Waals surface area contributed by atoms with E-state index in [0.717, 1.165) is 24.8 Å². The molecule has 2 atom stereocenters. The molecule has 0 saturated heterocycles. The summed E-state index contributed by atoms with van der Waals surface area (Å²) in [7, 11) is 0. The Balaban J connectivity index is 2.34. The second kappa shape index (κ2) is 4.69. The number of hydrogen-bond acceptors (Lipinski definition) is 1. The van der Waals surface area contributed by atoms with Gasteiger partial charge in [-0.3, -0.25) is 0 Å². The first-order valence-corrected chi connectivity index (χ1v) is 6.89. The molecule has 94 valence electrons. The zero-order valence-corrected chi connectivity index (χ0v) is 11.9. The SMILES string of the molecule is CC1(C)CCC(N)C(c2cccc(Br)c2F)C1. The molecule has 0 aliphatic heterocycles. The van der Waals surface area contributed by atoms with Gasteiger partial charge in [0.2, 0.25) is 0 Å². The Morgan fingerprint density at radius 2 is 2.12 bits per heavy atom. The molecule has 1 saturated carbocycles. The molecular weight excluding hydrogens is 281 g/mol. The van der Waals surface area contributed by atoms with Crippen LogP contribution in [0.25, 0.3) is 0 Å². The molecule has 17 heavy (non-hydrogen) atoms. The molecule has 0 aromatic heterocycles. The van der Waals surface area contributed by atoms with E-state index in [4.69, 9.17) is 5.73 Å². The fraction of sp³-hybridized carbons (Fsp3) is 0.571. The van der Waals surface area contributed by atoms with Crippen LogP contribution in [0.4, 0.5) is 4.39 Å². The first-order chi connectivity index (χ1) is 7.91. The van der Waals surface area contributed by atoms with Crippen molar-refractivity contribution in [1.29, 1.82) is 0 Å². The molecule has 3 heteroatoms. The summed E-state index contributed by atoms with van der Waals surface area (Å²) in [6.07, 6.45) is 3.06. The van der Waals surface area contributed by atoms with E-state index in [1.54, 1.807) is 6.07 Å². The second-order valence-corrected chi connectivity index (χ2v) is 6.67. The molecule has 1 nitrogen and oxygen atoms in total. The first-order valence-electron chi connectivity index (χ1n) is 6.10. The fourth-order valence-electron chi connectivity index (χ4n) is 2.75. The van der Waals surface area contributed by atoms with Gasteiger partial charge in [0.05, 0.1) is 4.47 Å². The summed E-state index contributed by atoms with van der Waals surface area (Å²) >= 11 is 3.25. The Hall–Kier alpha value is -0.410. The second-order valence-electron chi connectivity index (χ2n) is 5.82. The van der Waals surface area contributed by atoms with E-state index in [2.05, 4.69) is 29.8 Å². The van der Waals surface area contributed by atoms with Crippen molar-refractivity contribution in [2.24, 2.45) is 11.1 Å². The standard InChI is InChI=1S/C14H19BrFN/c1-14(2)7-6-12(17)10(8-14)9-4-3-5-11(15)13(9)16/h3-5,10,12H,6-8,17H2,1-2H3. The molecule has 2 unspecified atom stereocenters. The van der Waals surface area contributed by atoms with Crippen LogP contribution < -0.4 is 5.73 Å². The average Bonchev–Trinajstić information content (AvgIpc) is 2.26. The van der Waals surface area contributed by atoms with Crippen molar-refractivity contribution in [3.8, 4) is 0 Å². The molecule has 2 N–H and O–H groups in total. The maximum atomic E-state index is 14.1. The number of halogens is 2. The molecule has 1 aromatic rings. The third kappa shape index (κ3) is 2.71. The van der Waals surface area contributed by atoms with Gasteiger partial charge in [0, 0.05) is 12.0 Å². The van der Waals surface area contributed by atoms with Gasteiger partial charge in [0.1, 0.15) is 5.82 Å². The molecule has 1 fully saturated rings. The number of rotatable bonds is 1. The van der Waals surface area contributed by atoms with E-state index in [9.17, 15) is 4.39 Å². The van der Waals surface area contributed by atoms with Crippen molar-refractivity contribution >= 4 is 15.9 Å². The molecule has 0 spiro atoms. The van der Waals surface area contributed by atoms with Gasteiger partial charge in [0.15, 0.2) is 0 Å². The van der Waals surface area contributed by atoms with Gasteiger partial charge < -0.3 is 5.73 Å². The van der Waals surface area contributed by atoms with Crippen molar-refractivity contribution in [2.75, 3.05) is 0 Å². The average molecular weight is 300 g/mol. The summed E-state index contributed by atoms with van der Waals surface area (Å²) < 4.78 is 14.6. The maximum Gasteiger partial charge on any atom is 0.140 e. The van der Waals surface area contributed by atoms with Gasteiger partial charge in [0.25, 0.3) is 0 Å². The molecular formula is C14H19BrFN. The minimum atomic E-state index is -0.148. The van der Waals surface area contributed by atoms with Crippen LogP contribution in [0.2, 0.25) is 0 Å². The molecule has 1 aliphatic rings. The third-order valence-corrected chi connectivity index (χ3v) is 4.44. The topological polar surface area (TPSA) is 26.0 Å². The predicted molar refractivity (Wildman–Crippen MR) is 72.4 cm³/mol. The van der Waals surface area contributed by atoms with Crippen LogP contribution >= 0.6 is 15.9 Å². The van der Waals surface area contributed by atoms with Gasteiger partial charge in [-0.2, -0.15) is 0 Å². The summed E-state index contributed by atoms with van der Waals surface area (Å²) in [5.74, 6) is -0.0121. The Labute approximate surface area is 111 Å². The fourth-order valence-corrected chi connectivity index (χ4v) is 3.14. The van der Waals surface area contributed by atoms with Gasteiger partial charge >= 0.3 is 0 Å². The van der Waals surface area contributed by atoms with Crippen LogP contribution in [0.3, 0.4) is 0 Å². The van der Waals surface area contributed by atoms with Gasteiger partial charge in [-0.15, -0.1) is 0 Å². The summed E-state index contributed by atoms with van der Waals surface area (Å²) in [6, 6.07) is 5.56. The van der Waals surface area contributed by atoms with Crippen molar-refractivity contribution < 1.29 is 4.39 Å². The van der Waals surface area contributed by atoms with Gasteiger partial charge in [-0.25, -0.2) is 4.39 Å². The highest BCUT2D eigenvalue weighted by atomic mass is 79.9. The van der Waals surface area contributed by atoms with E-state index in [1.165, 1.54) is 0 Å². The normalized spacial score (nSPS) is 28.1. The first kappa shape index (κ1) is 13.0. The smallest absolute Gasteiger partial charge is 0.140 e. The van der Waals surface area contributed by atoms with Crippen molar-refractivity contribution in [1.82, 2.24) is 0 Å². The number of hydrogen-bond donors (Lipinski definition) is 1. The largest absolute Gasteiger partial charge is 0.327 e. The van der Waals surface area contributed by atoms with Crippen LogP contribution in [0.1, 0.15) is 44.6 Å². The van der Waals surface area contributed by atoms with Crippen LogP contribution in [-0.4, -0.2) is 6.04 Å². The zero-order chi connectivity index (χ0) is 12.6. The van der Waals surface area contributed by atoms with Crippen LogP contribution in [0.5, 0.6) is 0 Å². The van der Waals surface area contributed by atoms with E-state index < -0.39 is 0 Å². The summed E-state index contributed by atoms with van der Waals surface area (Å²) in [5.41, 5.74) is 7.19. The molecule has 0 radical (unpaired) electrons. The number of benzene rings is 1. The van der Waals surface area contributed by atoms with Gasteiger partial charge in [-0.05, 0) is 52.2 Å². The zero-order valence-electron chi connectivity index (χ0n) is 10.3. The lowest BCUT2D eigenvalue weighted by molar-refractivity contribution is 0.196. The summed E-state index contributed by atoms with van der Waals surface area (Å²) in [4.78, 5) is 0. The molecule has 0 heterocycles. The molecule has 2 rings (SSSR count). The molecule has 1 aromatic carbocycles. The van der Waals surface area contributed by atoms with Crippen molar-refractivity contribution in [2.45, 2.75) is 45.1 Å². The van der Waals surface area contributed by atoms with E-state index in [0.29, 0.717) is 4.47 Å². The van der Waals surface area contributed by atoms with Crippen molar-refractivity contribution in [3.05, 3.63) is 34.1 Å². The van der Waals surface area contributed by atoms with Crippen LogP contribution in [0.15, 0.2) is 22.7 Å². The Bertz CT molecular complexity index is 417. The monoisotopic (exact) mass is 299 g/mol. The highest BCUT2D eigenvalue weighted by Crippen LogP contribution is 2.43. The third-order valence-electron chi connectivity index (χ3n) is 3.82. The highest BCUT2D eigenvalue weighted by Gasteiger charge is 2.35. The molecule has 0 amide bonds.